The molecule has 3 aromatic rings. The first-order valence-electron chi connectivity index (χ1n) is 7.30. The van der Waals surface area contributed by atoms with Crippen molar-refractivity contribution < 1.29 is 0 Å². The largest absolute Gasteiger partial charge is 0.352 e. The van der Waals surface area contributed by atoms with Gasteiger partial charge in [-0.2, -0.15) is 10.4 Å². The number of nitrogens with zero attached hydrogens (tertiary/aromatic N) is 5. The predicted octanol–water partition coefficient (Wildman–Crippen LogP) is 2.67. The molecule has 4 rings (SSSR count). The van der Waals surface area contributed by atoms with Gasteiger partial charge in [0.05, 0.1) is 23.3 Å². The summed E-state index contributed by atoms with van der Waals surface area (Å²) in [6, 6.07) is 12.8. The van der Waals surface area contributed by atoms with Crippen molar-refractivity contribution in [3.8, 4) is 6.07 Å². The highest BCUT2D eigenvalue weighted by Gasteiger charge is 2.30. The van der Waals surface area contributed by atoms with E-state index in [0.717, 1.165) is 24.4 Å². The fraction of sp³-hybridized carbons (Fsp3) is 0.235. The lowest BCUT2D eigenvalue weighted by atomic mass is 10.1. The lowest BCUT2D eigenvalue weighted by Gasteiger charge is -2.40. The summed E-state index contributed by atoms with van der Waals surface area (Å²) in [6.07, 6.45) is 3.42. The van der Waals surface area contributed by atoms with Gasteiger partial charge in [0, 0.05) is 24.7 Å². The zero-order chi connectivity index (χ0) is 15.1. The number of aryl methyl sites for hydroxylation is 1. The van der Waals surface area contributed by atoms with Crippen molar-refractivity contribution in [2.75, 3.05) is 18.0 Å². The van der Waals surface area contributed by atoms with Gasteiger partial charge in [-0.15, -0.1) is 0 Å². The molecule has 3 heterocycles. The minimum Gasteiger partial charge on any atom is -0.352 e. The maximum absolute atomic E-state index is 8.86. The number of nitriles is 1. The molecule has 0 unspecified atom stereocenters. The van der Waals surface area contributed by atoms with Gasteiger partial charge in [-0.05, 0) is 24.6 Å². The second-order valence-electron chi connectivity index (χ2n) is 5.69. The SMILES string of the molecule is Cc1cc(N2CC(n3cc(C#N)cn3)C2)nc2ccccc12. The van der Waals surface area contributed by atoms with Crippen LogP contribution in [-0.2, 0) is 0 Å². The number of hydrogen-bond acceptors (Lipinski definition) is 4. The van der Waals surface area contributed by atoms with Gasteiger partial charge >= 0.3 is 0 Å². The maximum Gasteiger partial charge on any atom is 0.129 e. The molecule has 1 saturated heterocycles. The van der Waals surface area contributed by atoms with Crippen LogP contribution in [-0.4, -0.2) is 27.9 Å². The molecule has 0 atom stereocenters. The summed E-state index contributed by atoms with van der Waals surface area (Å²) >= 11 is 0. The Balaban J connectivity index is 1.56. The first-order chi connectivity index (χ1) is 10.7. The van der Waals surface area contributed by atoms with Crippen molar-refractivity contribution in [1.29, 1.82) is 5.26 Å². The molecule has 1 fully saturated rings. The number of fused-ring (bicyclic) bond motifs is 1. The highest BCUT2D eigenvalue weighted by molar-refractivity contribution is 5.83. The molecule has 0 saturated carbocycles. The van der Waals surface area contributed by atoms with Crippen molar-refractivity contribution in [3.05, 3.63) is 53.9 Å². The zero-order valence-corrected chi connectivity index (χ0v) is 12.3. The normalized spacial score (nSPS) is 14.8. The molecule has 0 aliphatic carbocycles. The molecule has 1 aliphatic rings. The fourth-order valence-corrected chi connectivity index (χ4v) is 2.90. The average Bonchev–Trinajstić information content (AvgIpc) is 2.94. The number of aromatic nitrogens is 3. The third-order valence-corrected chi connectivity index (χ3v) is 4.20. The Kier molecular flexibility index (Phi) is 2.83. The topological polar surface area (TPSA) is 57.7 Å². The summed E-state index contributed by atoms with van der Waals surface area (Å²) in [6.45, 7) is 3.87. The lowest BCUT2D eigenvalue weighted by Crippen LogP contribution is -2.48. The highest BCUT2D eigenvalue weighted by Crippen LogP contribution is 2.29. The third kappa shape index (κ3) is 2.01. The Labute approximate surface area is 128 Å². The van der Waals surface area contributed by atoms with Gasteiger partial charge in [0.1, 0.15) is 11.9 Å². The second kappa shape index (κ2) is 4.85. The summed E-state index contributed by atoms with van der Waals surface area (Å²) < 4.78 is 1.88. The molecule has 5 nitrogen and oxygen atoms in total. The number of hydrogen-bond donors (Lipinski definition) is 0. The summed E-state index contributed by atoms with van der Waals surface area (Å²) in [7, 11) is 0. The molecule has 5 heteroatoms. The van der Waals surface area contributed by atoms with E-state index < -0.39 is 0 Å². The molecular formula is C17H15N5. The number of pyridine rings is 1. The van der Waals surface area contributed by atoms with E-state index in [4.69, 9.17) is 10.2 Å². The average molecular weight is 289 g/mol. The van der Waals surface area contributed by atoms with Crippen molar-refractivity contribution >= 4 is 16.7 Å². The number of benzene rings is 1. The predicted molar refractivity (Wildman–Crippen MR) is 84.7 cm³/mol. The van der Waals surface area contributed by atoms with Crippen LogP contribution < -0.4 is 4.90 Å². The smallest absolute Gasteiger partial charge is 0.129 e. The molecule has 1 aliphatic heterocycles. The van der Waals surface area contributed by atoms with Crippen LogP contribution in [0.4, 0.5) is 5.82 Å². The van der Waals surface area contributed by atoms with Gasteiger partial charge in [-0.25, -0.2) is 4.98 Å². The van der Waals surface area contributed by atoms with Crippen LogP contribution in [0.15, 0.2) is 42.7 Å². The lowest BCUT2D eigenvalue weighted by molar-refractivity contribution is 0.366. The Hall–Kier alpha value is -2.87. The van der Waals surface area contributed by atoms with E-state index >= 15 is 0 Å². The quantitative estimate of drug-likeness (QED) is 0.728. The van der Waals surface area contributed by atoms with E-state index in [2.05, 4.69) is 41.2 Å². The number of anilines is 1. The van der Waals surface area contributed by atoms with Gasteiger partial charge in [0.25, 0.3) is 0 Å². The Morgan fingerprint density at radius 1 is 1.27 bits per heavy atom. The van der Waals surface area contributed by atoms with Crippen LogP contribution in [0.5, 0.6) is 0 Å². The molecule has 0 bridgehead atoms. The minimum atomic E-state index is 0.315. The maximum atomic E-state index is 8.86. The molecule has 1 aromatic carbocycles. The third-order valence-electron chi connectivity index (χ3n) is 4.20. The molecular weight excluding hydrogens is 274 g/mol. The molecule has 22 heavy (non-hydrogen) atoms. The van der Waals surface area contributed by atoms with Crippen LogP contribution in [0.1, 0.15) is 17.2 Å². The minimum absolute atomic E-state index is 0.315. The van der Waals surface area contributed by atoms with Crippen LogP contribution in [0.3, 0.4) is 0 Å². The summed E-state index contributed by atoms with van der Waals surface area (Å²) in [4.78, 5) is 7.00. The number of rotatable bonds is 2. The van der Waals surface area contributed by atoms with Crippen molar-refractivity contribution in [2.45, 2.75) is 13.0 Å². The summed E-state index contributed by atoms with van der Waals surface area (Å²) in [5.74, 6) is 1.01. The molecule has 2 aromatic heterocycles. The second-order valence-corrected chi connectivity index (χ2v) is 5.69. The van der Waals surface area contributed by atoms with E-state index in [0.29, 0.717) is 11.6 Å². The molecule has 0 spiro atoms. The fourth-order valence-electron chi connectivity index (χ4n) is 2.90. The van der Waals surface area contributed by atoms with E-state index in [-0.39, 0.29) is 0 Å². The molecule has 0 amide bonds. The van der Waals surface area contributed by atoms with Gasteiger partial charge in [0.15, 0.2) is 0 Å². The van der Waals surface area contributed by atoms with Crippen LogP contribution >= 0.6 is 0 Å². The van der Waals surface area contributed by atoms with Crippen LogP contribution in [0.2, 0.25) is 0 Å². The van der Waals surface area contributed by atoms with E-state index in [1.54, 1.807) is 12.4 Å². The van der Waals surface area contributed by atoms with Gasteiger partial charge in [-0.1, -0.05) is 18.2 Å². The van der Waals surface area contributed by atoms with Gasteiger partial charge < -0.3 is 4.90 Å². The number of para-hydroxylation sites is 1. The monoisotopic (exact) mass is 289 g/mol. The van der Waals surface area contributed by atoms with Gasteiger partial charge in [0.2, 0.25) is 0 Å². The highest BCUT2D eigenvalue weighted by atomic mass is 15.4. The van der Waals surface area contributed by atoms with Crippen LogP contribution in [0.25, 0.3) is 10.9 Å². The Bertz CT molecular complexity index is 883. The van der Waals surface area contributed by atoms with Crippen molar-refractivity contribution in [1.82, 2.24) is 14.8 Å². The zero-order valence-electron chi connectivity index (χ0n) is 12.3. The van der Waals surface area contributed by atoms with Crippen molar-refractivity contribution in [3.63, 3.8) is 0 Å². The molecule has 0 radical (unpaired) electrons. The molecule has 108 valence electrons. The standard InChI is InChI=1S/C17H15N5/c1-12-6-17(20-16-5-3-2-4-15(12)16)21-10-14(11-21)22-9-13(7-18)8-19-22/h2-6,8-9,14H,10-11H2,1H3. The Morgan fingerprint density at radius 3 is 2.86 bits per heavy atom. The molecule has 0 N–H and O–H groups in total. The van der Waals surface area contributed by atoms with E-state index in [1.165, 1.54) is 10.9 Å². The van der Waals surface area contributed by atoms with Crippen LogP contribution in [0, 0.1) is 18.3 Å². The first kappa shape index (κ1) is 12.8. The Morgan fingerprint density at radius 2 is 2.09 bits per heavy atom. The summed E-state index contributed by atoms with van der Waals surface area (Å²) in [5.41, 5.74) is 2.89. The van der Waals surface area contributed by atoms with E-state index in [9.17, 15) is 0 Å². The first-order valence-corrected chi connectivity index (χ1v) is 7.30. The van der Waals surface area contributed by atoms with Crippen molar-refractivity contribution in [2.24, 2.45) is 0 Å². The summed E-state index contributed by atoms with van der Waals surface area (Å²) in [5, 5.41) is 14.3. The van der Waals surface area contributed by atoms with E-state index in [1.807, 2.05) is 16.8 Å². The van der Waals surface area contributed by atoms with Gasteiger partial charge in [-0.3, -0.25) is 4.68 Å².